The first-order valence-corrected chi connectivity index (χ1v) is 6.51. The van der Waals surface area contributed by atoms with Gasteiger partial charge in [-0.05, 0) is 24.7 Å². The molecule has 2 atom stereocenters. The van der Waals surface area contributed by atoms with Gasteiger partial charge in [0.25, 0.3) is 0 Å². The van der Waals surface area contributed by atoms with Crippen molar-refractivity contribution in [2.45, 2.75) is 66.1 Å². The largest absolute Gasteiger partial charge is 0.325 e. The number of carbonyl (C=O) groups excluding carboxylic acids is 1. The van der Waals surface area contributed by atoms with Gasteiger partial charge in [0.05, 0.1) is 12.2 Å². The average Bonchev–Trinajstić information content (AvgIpc) is 2.55. The highest BCUT2D eigenvalue weighted by Crippen LogP contribution is 2.25. The summed E-state index contributed by atoms with van der Waals surface area (Å²) in [6, 6.07) is 0.0395. The van der Waals surface area contributed by atoms with Gasteiger partial charge < -0.3 is 4.90 Å². The van der Waals surface area contributed by atoms with Crippen LogP contribution in [0.15, 0.2) is 0 Å². The highest BCUT2D eigenvalue weighted by Gasteiger charge is 2.38. The molecular weight excluding hydrogens is 200 g/mol. The number of rotatable bonds is 5. The minimum atomic E-state index is 0.0395. The molecule has 1 heterocycles. The first kappa shape index (κ1) is 13.5. The van der Waals surface area contributed by atoms with Gasteiger partial charge in [0.1, 0.15) is 0 Å². The highest BCUT2D eigenvalue weighted by atomic mass is 16.2. The summed E-state index contributed by atoms with van der Waals surface area (Å²) < 4.78 is 0. The van der Waals surface area contributed by atoms with E-state index in [2.05, 4.69) is 39.9 Å². The Morgan fingerprint density at radius 3 is 2.31 bits per heavy atom. The lowest BCUT2D eigenvalue weighted by molar-refractivity contribution is -0.131. The van der Waals surface area contributed by atoms with Crippen LogP contribution in [0.5, 0.6) is 0 Å². The molecule has 0 saturated carbocycles. The molecule has 1 amide bonds. The van der Waals surface area contributed by atoms with Crippen LogP contribution < -0.4 is 5.32 Å². The number of amides is 1. The predicted octanol–water partition coefficient (Wildman–Crippen LogP) is 2.37. The van der Waals surface area contributed by atoms with Crippen molar-refractivity contribution in [2.75, 3.05) is 6.54 Å². The van der Waals surface area contributed by atoms with E-state index in [0.717, 1.165) is 25.8 Å². The van der Waals surface area contributed by atoms with E-state index in [4.69, 9.17) is 0 Å². The van der Waals surface area contributed by atoms with Crippen LogP contribution in [0.4, 0.5) is 0 Å². The molecule has 94 valence electrons. The van der Waals surface area contributed by atoms with Gasteiger partial charge in [0, 0.05) is 6.54 Å². The van der Waals surface area contributed by atoms with Crippen LogP contribution in [0.1, 0.15) is 53.9 Å². The topological polar surface area (TPSA) is 32.3 Å². The summed E-state index contributed by atoms with van der Waals surface area (Å²) in [7, 11) is 0. The molecule has 0 bridgehead atoms. The third kappa shape index (κ3) is 2.76. The van der Waals surface area contributed by atoms with Crippen LogP contribution in [0.25, 0.3) is 0 Å². The quantitative estimate of drug-likeness (QED) is 0.780. The van der Waals surface area contributed by atoms with Crippen molar-refractivity contribution < 1.29 is 4.79 Å². The van der Waals surface area contributed by atoms with Crippen molar-refractivity contribution in [1.82, 2.24) is 10.2 Å². The number of hydrogen-bond acceptors (Lipinski definition) is 2. The lowest BCUT2D eigenvalue weighted by atomic mass is 9.89. The fraction of sp³-hybridized carbons (Fsp3) is 0.923. The Balaban J connectivity index is 2.73. The van der Waals surface area contributed by atoms with Crippen LogP contribution >= 0.6 is 0 Å². The zero-order valence-corrected chi connectivity index (χ0v) is 11.3. The molecule has 0 aromatic rings. The van der Waals surface area contributed by atoms with Crippen LogP contribution in [0.2, 0.25) is 0 Å². The van der Waals surface area contributed by atoms with Crippen LogP contribution in [-0.2, 0) is 4.79 Å². The summed E-state index contributed by atoms with van der Waals surface area (Å²) in [6.07, 6.45) is 3.22. The van der Waals surface area contributed by atoms with Gasteiger partial charge in [-0.2, -0.15) is 0 Å². The molecule has 0 spiro atoms. The van der Waals surface area contributed by atoms with Gasteiger partial charge in [-0.1, -0.05) is 34.6 Å². The standard InChI is InChI=1S/C13H26N2O/c1-6-10-12(16)15(11(7-2)14-10)9-13(4,5)8-3/h10-11,14H,6-9H2,1-5H3. The zero-order valence-electron chi connectivity index (χ0n) is 11.3. The fourth-order valence-electron chi connectivity index (χ4n) is 2.14. The second-order valence-corrected chi connectivity index (χ2v) is 5.54. The zero-order chi connectivity index (χ0) is 12.3. The summed E-state index contributed by atoms with van der Waals surface area (Å²) in [4.78, 5) is 14.2. The third-order valence-corrected chi connectivity index (χ3v) is 3.70. The second-order valence-electron chi connectivity index (χ2n) is 5.54. The molecule has 0 radical (unpaired) electrons. The van der Waals surface area contributed by atoms with Gasteiger partial charge in [0.2, 0.25) is 5.91 Å². The van der Waals surface area contributed by atoms with Crippen molar-refractivity contribution >= 4 is 5.91 Å². The van der Waals surface area contributed by atoms with Crippen LogP contribution in [0.3, 0.4) is 0 Å². The maximum absolute atomic E-state index is 12.2. The van der Waals surface area contributed by atoms with Crippen molar-refractivity contribution in [3.63, 3.8) is 0 Å². The Kier molecular flexibility index (Phi) is 4.36. The number of hydrogen-bond donors (Lipinski definition) is 1. The normalized spacial score (nSPS) is 26.6. The minimum Gasteiger partial charge on any atom is -0.325 e. The molecule has 2 unspecified atom stereocenters. The smallest absolute Gasteiger partial charge is 0.241 e. The summed E-state index contributed by atoms with van der Waals surface area (Å²) in [5.74, 6) is 0.288. The number of nitrogens with zero attached hydrogens (tertiary/aromatic N) is 1. The van der Waals surface area contributed by atoms with E-state index in [1.54, 1.807) is 0 Å². The molecule has 3 nitrogen and oxygen atoms in total. The summed E-state index contributed by atoms with van der Waals surface area (Å²) in [5, 5.41) is 3.41. The predicted molar refractivity (Wildman–Crippen MR) is 67.1 cm³/mol. The molecule has 1 fully saturated rings. The molecule has 0 aromatic carbocycles. The Labute approximate surface area is 99.6 Å². The van der Waals surface area contributed by atoms with Crippen molar-refractivity contribution in [2.24, 2.45) is 5.41 Å². The summed E-state index contributed by atoms with van der Waals surface area (Å²) >= 11 is 0. The number of nitrogens with one attached hydrogen (secondary N) is 1. The number of carbonyl (C=O) groups is 1. The van der Waals surface area contributed by atoms with E-state index in [0.29, 0.717) is 0 Å². The highest BCUT2D eigenvalue weighted by molar-refractivity contribution is 5.84. The van der Waals surface area contributed by atoms with Gasteiger partial charge in [-0.3, -0.25) is 10.1 Å². The minimum absolute atomic E-state index is 0.0395. The molecule has 3 heteroatoms. The van der Waals surface area contributed by atoms with E-state index in [1.165, 1.54) is 0 Å². The Morgan fingerprint density at radius 1 is 1.25 bits per heavy atom. The van der Waals surface area contributed by atoms with E-state index < -0.39 is 0 Å². The maximum Gasteiger partial charge on any atom is 0.241 e. The van der Waals surface area contributed by atoms with E-state index >= 15 is 0 Å². The Morgan fingerprint density at radius 2 is 1.88 bits per heavy atom. The Hall–Kier alpha value is -0.570. The van der Waals surface area contributed by atoms with Gasteiger partial charge in [-0.15, -0.1) is 0 Å². The first-order chi connectivity index (χ1) is 7.45. The lowest BCUT2D eigenvalue weighted by Crippen LogP contribution is -2.42. The summed E-state index contributed by atoms with van der Waals surface area (Å²) in [6.45, 7) is 11.7. The van der Waals surface area contributed by atoms with Gasteiger partial charge in [0.15, 0.2) is 0 Å². The lowest BCUT2D eigenvalue weighted by Gasteiger charge is -2.32. The molecular formula is C13H26N2O. The van der Waals surface area contributed by atoms with E-state index in [9.17, 15) is 4.79 Å². The third-order valence-electron chi connectivity index (χ3n) is 3.70. The molecule has 1 saturated heterocycles. The van der Waals surface area contributed by atoms with Crippen molar-refractivity contribution in [3.8, 4) is 0 Å². The molecule has 1 aliphatic heterocycles. The molecule has 1 aliphatic rings. The second kappa shape index (κ2) is 5.17. The molecule has 16 heavy (non-hydrogen) atoms. The molecule has 0 aliphatic carbocycles. The Bertz CT molecular complexity index is 250. The SMILES string of the molecule is CCC1NC(CC)N(CC(C)(C)CC)C1=O. The average molecular weight is 226 g/mol. The van der Waals surface area contributed by atoms with E-state index in [-0.39, 0.29) is 23.5 Å². The van der Waals surface area contributed by atoms with E-state index in [1.807, 2.05) is 4.90 Å². The van der Waals surface area contributed by atoms with Crippen molar-refractivity contribution in [1.29, 1.82) is 0 Å². The van der Waals surface area contributed by atoms with Gasteiger partial charge >= 0.3 is 0 Å². The van der Waals surface area contributed by atoms with Crippen LogP contribution in [0, 0.1) is 5.41 Å². The molecule has 1 N–H and O–H groups in total. The summed E-state index contributed by atoms with van der Waals surface area (Å²) in [5.41, 5.74) is 0.216. The monoisotopic (exact) mass is 226 g/mol. The fourth-order valence-corrected chi connectivity index (χ4v) is 2.14. The molecule has 1 rings (SSSR count). The maximum atomic E-state index is 12.2. The van der Waals surface area contributed by atoms with Gasteiger partial charge in [-0.25, -0.2) is 0 Å². The molecule has 0 aromatic heterocycles. The van der Waals surface area contributed by atoms with Crippen LogP contribution in [-0.4, -0.2) is 29.6 Å². The first-order valence-electron chi connectivity index (χ1n) is 6.51. The van der Waals surface area contributed by atoms with Crippen molar-refractivity contribution in [3.05, 3.63) is 0 Å².